The molecule has 3 nitrogen and oxygen atoms in total. The summed E-state index contributed by atoms with van der Waals surface area (Å²) in [5.74, 6) is 0.0613. The van der Waals surface area contributed by atoms with Gasteiger partial charge in [0.05, 0.1) is 0 Å². The van der Waals surface area contributed by atoms with Crippen LogP contribution in [0.2, 0.25) is 5.02 Å². The fraction of sp³-hybridized carbons (Fsp3) is 0.381. The number of halogens is 1. The Morgan fingerprint density at radius 2 is 1.64 bits per heavy atom. The van der Waals surface area contributed by atoms with Gasteiger partial charge in [0, 0.05) is 42.5 Å². The molecule has 132 valence electrons. The predicted molar refractivity (Wildman–Crippen MR) is 105 cm³/mol. The molecule has 1 aliphatic heterocycles. The van der Waals surface area contributed by atoms with Crippen LogP contribution in [0.3, 0.4) is 0 Å². The van der Waals surface area contributed by atoms with Crippen molar-refractivity contribution in [1.29, 1.82) is 0 Å². The Kier molecular flexibility index (Phi) is 5.05. The summed E-state index contributed by atoms with van der Waals surface area (Å²) >= 11 is 6.01. The molecule has 4 heteroatoms. The van der Waals surface area contributed by atoms with Crippen molar-refractivity contribution in [2.75, 3.05) is 31.1 Å². The van der Waals surface area contributed by atoms with Crippen molar-refractivity contribution in [3.8, 4) is 0 Å². The molecule has 0 saturated carbocycles. The summed E-state index contributed by atoms with van der Waals surface area (Å²) in [4.78, 5) is 17.0. The third-order valence-corrected chi connectivity index (χ3v) is 4.93. The zero-order valence-electron chi connectivity index (χ0n) is 15.1. The molecular weight excluding hydrogens is 332 g/mol. The lowest BCUT2D eigenvalue weighted by atomic mass is 9.85. The number of anilines is 1. The number of nitrogens with zero attached hydrogens (tertiary/aromatic N) is 2. The summed E-state index contributed by atoms with van der Waals surface area (Å²) in [5, 5.41) is 0.601. The van der Waals surface area contributed by atoms with E-state index in [0.29, 0.717) is 10.6 Å². The van der Waals surface area contributed by atoms with Gasteiger partial charge in [0.2, 0.25) is 0 Å². The van der Waals surface area contributed by atoms with Crippen LogP contribution < -0.4 is 4.90 Å². The largest absolute Gasteiger partial charge is 0.368 e. The molecule has 2 aromatic rings. The summed E-state index contributed by atoms with van der Waals surface area (Å²) < 4.78 is 0. The maximum absolute atomic E-state index is 12.7. The van der Waals surface area contributed by atoms with Crippen molar-refractivity contribution in [3.63, 3.8) is 0 Å². The molecule has 0 bridgehead atoms. The number of amides is 1. The minimum atomic E-state index is 0.0613. The minimum Gasteiger partial charge on any atom is -0.368 e. The Hall–Kier alpha value is -2.00. The number of benzene rings is 2. The Labute approximate surface area is 155 Å². The highest BCUT2D eigenvalue weighted by atomic mass is 35.5. The number of piperazine rings is 1. The van der Waals surface area contributed by atoms with Gasteiger partial charge >= 0.3 is 0 Å². The number of rotatable bonds is 2. The molecule has 2 aromatic carbocycles. The molecule has 0 atom stereocenters. The maximum atomic E-state index is 12.7. The molecule has 1 amide bonds. The molecular formula is C21H25ClN2O. The molecule has 0 unspecified atom stereocenters. The topological polar surface area (TPSA) is 23.6 Å². The Morgan fingerprint density at radius 3 is 2.28 bits per heavy atom. The first-order valence-corrected chi connectivity index (χ1v) is 9.13. The van der Waals surface area contributed by atoms with Crippen LogP contribution in [-0.2, 0) is 5.41 Å². The molecule has 25 heavy (non-hydrogen) atoms. The molecule has 1 fully saturated rings. The zero-order valence-corrected chi connectivity index (χ0v) is 15.9. The van der Waals surface area contributed by atoms with Crippen LogP contribution in [-0.4, -0.2) is 37.0 Å². The van der Waals surface area contributed by atoms with Crippen molar-refractivity contribution in [3.05, 3.63) is 64.7 Å². The van der Waals surface area contributed by atoms with E-state index in [1.54, 1.807) is 12.1 Å². The van der Waals surface area contributed by atoms with E-state index in [2.05, 4.69) is 49.9 Å². The zero-order chi connectivity index (χ0) is 18.0. The SMILES string of the molecule is CC(C)(C)c1ccccc1N1CCN(C(=O)c2cccc(Cl)c2)CC1. The Morgan fingerprint density at radius 1 is 0.960 bits per heavy atom. The second-order valence-electron chi connectivity index (χ2n) is 7.56. The summed E-state index contributed by atoms with van der Waals surface area (Å²) in [6.07, 6.45) is 0. The first-order chi connectivity index (χ1) is 11.9. The number of carbonyl (C=O) groups excluding carboxylic acids is 1. The van der Waals surface area contributed by atoms with Gasteiger partial charge in [-0.3, -0.25) is 4.79 Å². The highest BCUT2D eigenvalue weighted by Gasteiger charge is 2.26. The molecule has 1 saturated heterocycles. The molecule has 0 radical (unpaired) electrons. The van der Waals surface area contributed by atoms with Crippen molar-refractivity contribution >= 4 is 23.2 Å². The van der Waals surface area contributed by atoms with Crippen LogP contribution >= 0.6 is 11.6 Å². The lowest BCUT2D eigenvalue weighted by Gasteiger charge is -2.38. The van der Waals surface area contributed by atoms with Crippen LogP contribution in [0.4, 0.5) is 5.69 Å². The van der Waals surface area contributed by atoms with E-state index in [1.165, 1.54) is 11.3 Å². The van der Waals surface area contributed by atoms with Crippen molar-refractivity contribution in [2.24, 2.45) is 0 Å². The standard InChI is InChI=1S/C21H25ClN2O/c1-21(2,3)18-9-4-5-10-19(18)23-11-13-24(14-12-23)20(25)16-7-6-8-17(22)15-16/h4-10,15H,11-14H2,1-3H3. The van der Waals surface area contributed by atoms with Gasteiger partial charge < -0.3 is 9.80 Å². The quantitative estimate of drug-likeness (QED) is 0.785. The third kappa shape index (κ3) is 3.98. The monoisotopic (exact) mass is 356 g/mol. The van der Waals surface area contributed by atoms with Crippen LogP contribution in [0.15, 0.2) is 48.5 Å². The van der Waals surface area contributed by atoms with E-state index in [-0.39, 0.29) is 11.3 Å². The van der Waals surface area contributed by atoms with Gasteiger partial charge in [-0.15, -0.1) is 0 Å². The van der Waals surface area contributed by atoms with Crippen LogP contribution in [0, 0.1) is 0 Å². The fourth-order valence-electron chi connectivity index (χ4n) is 3.34. The normalized spacial score (nSPS) is 15.4. The maximum Gasteiger partial charge on any atom is 0.254 e. The summed E-state index contributed by atoms with van der Waals surface area (Å²) in [5.41, 5.74) is 3.40. The second kappa shape index (κ2) is 7.09. The average molecular weight is 357 g/mol. The number of hydrogen-bond donors (Lipinski definition) is 0. The van der Waals surface area contributed by atoms with Gasteiger partial charge in [-0.05, 0) is 35.2 Å². The van der Waals surface area contributed by atoms with Crippen LogP contribution in [0.25, 0.3) is 0 Å². The first-order valence-electron chi connectivity index (χ1n) is 8.75. The summed E-state index contributed by atoms with van der Waals surface area (Å²) in [7, 11) is 0. The van der Waals surface area contributed by atoms with Gasteiger partial charge in [-0.2, -0.15) is 0 Å². The van der Waals surface area contributed by atoms with E-state index in [0.717, 1.165) is 26.2 Å². The molecule has 1 aliphatic rings. The van der Waals surface area contributed by atoms with Gasteiger partial charge in [0.15, 0.2) is 0 Å². The number of hydrogen-bond acceptors (Lipinski definition) is 2. The highest BCUT2D eigenvalue weighted by Crippen LogP contribution is 2.32. The third-order valence-electron chi connectivity index (χ3n) is 4.69. The Balaban J connectivity index is 1.72. The molecule has 0 N–H and O–H groups in total. The van der Waals surface area contributed by atoms with Gasteiger partial charge in [0.25, 0.3) is 5.91 Å². The lowest BCUT2D eigenvalue weighted by Crippen LogP contribution is -2.49. The lowest BCUT2D eigenvalue weighted by molar-refractivity contribution is 0.0746. The highest BCUT2D eigenvalue weighted by molar-refractivity contribution is 6.30. The first kappa shape index (κ1) is 17.8. The van der Waals surface area contributed by atoms with Crippen LogP contribution in [0.1, 0.15) is 36.7 Å². The van der Waals surface area contributed by atoms with Crippen molar-refractivity contribution in [1.82, 2.24) is 4.90 Å². The fourth-order valence-corrected chi connectivity index (χ4v) is 3.53. The molecule has 1 heterocycles. The summed E-state index contributed by atoms with van der Waals surface area (Å²) in [6.45, 7) is 9.87. The van der Waals surface area contributed by atoms with Crippen molar-refractivity contribution in [2.45, 2.75) is 26.2 Å². The van der Waals surface area contributed by atoms with E-state index < -0.39 is 0 Å². The van der Waals surface area contributed by atoms with Gasteiger partial charge in [-0.25, -0.2) is 0 Å². The van der Waals surface area contributed by atoms with Gasteiger partial charge in [0.1, 0.15) is 0 Å². The van der Waals surface area contributed by atoms with E-state index in [4.69, 9.17) is 11.6 Å². The average Bonchev–Trinajstić information content (AvgIpc) is 2.60. The van der Waals surface area contributed by atoms with Gasteiger partial charge in [-0.1, -0.05) is 56.6 Å². The second-order valence-corrected chi connectivity index (χ2v) is 7.99. The predicted octanol–water partition coefficient (Wildman–Crippen LogP) is 4.60. The minimum absolute atomic E-state index is 0.0613. The summed E-state index contributed by atoms with van der Waals surface area (Å²) in [6, 6.07) is 15.8. The van der Waals surface area contributed by atoms with Crippen molar-refractivity contribution < 1.29 is 4.79 Å². The number of carbonyl (C=O) groups is 1. The molecule has 3 rings (SSSR count). The number of para-hydroxylation sites is 1. The smallest absolute Gasteiger partial charge is 0.254 e. The van der Waals surface area contributed by atoms with E-state index in [1.807, 2.05) is 17.0 Å². The van der Waals surface area contributed by atoms with E-state index in [9.17, 15) is 4.79 Å². The molecule has 0 aliphatic carbocycles. The van der Waals surface area contributed by atoms with Crippen LogP contribution in [0.5, 0.6) is 0 Å². The Bertz CT molecular complexity index is 758. The molecule has 0 aromatic heterocycles. The van der Waals surface area contributed by atoms with E-state index >= 15 is 0 Å². The molecule has 0 spiro atoms.